The first-order chi connectivity index (χ1) is 7.22. The van der Waals surface area contributed by atoms with Gasteiger partial charge in [0.2, 0.25) is 5.91 Å². The van der Waals surface area contributed by atoms with Crippen molar-refractivity contribution in [3.05, 3.63) is 0 Å². The van der Waals surface area contributed by atoms with Crippen LogP contribution in [0.5, 0.6) is 0 Å². The predicted octanol–water partition coefficient (Wildman–Crippen LogP) is 1.70. The summed E-state index contributed by atoms with van der Waals surface area (Å²) in [5, 5.41) is 9.93. The van der Waals surface area contributed by atoms with Gasteiger partial charge >= 0.3 is 6.18 Å². The Bertz CT molecular complexity index is 259. The first-order valence-corrected chi connectivity index (χ1v) is 5.25. The van der Waals surface area contributed by atoms with Crippen LogP contribution in [-0.4, -0.2) is 41.3 Å². The number of amides is 1. The Morgan fingerprint density at radius 1 is 1.38 bits per heavy atom. The number of likely N-dealkylation sites (N-methyl/N-ethyl adjacent to an activating group) is 1. The van der Waals surface area contributed by atoms with Gasteiger partial charge in [-0.1, -0.05) is 12.8 Å². The number of halogens is 3. The van der Waals surface area contributed by atoms with E-state index in [1.807, 2.05) is 0 Å². The molecule has 0 aromatic rings. The van der Waals surface area contributed by atoms with Gasteiger partial charge in [0, 0.05) is 13.6 Å². The number of aliphatic hydroxyl groups is 1. The molecule has 1 fully saturated rings. The van der Waals surface area contributed by atoms with E-state index >= 15 is 0 Å². The third-order valence-electron chi connectivity index (χ3n) is 2.84. The summed E-state index contributed by atoms with van der Waals surface area (Å²) in [5.74, 6) is -0.993. The van der Waals surface area contributed by atoms with Crippen LogP contribution in [0.15, 0.2) is 0 Å². The van der Waals surface area contributed by atoms with Gasteiger partial charge in [0.25, 0.3) is 0 Å². The second-order valence-corrected chi connectivity index (χ2v) is 4.47. The number of alkyl halides is 3. The summed E-state index contributed by atoms with van der Waals surface area (Å²) >= 11 is 0. The fourth-order valence-corrected chi connectivity index (χ4v) is 2.03. The molecule has 1 rings (SSSR count). The van der Waals surface area contributed by atoms with Gasteiger partial charge < -0.3 is 10.0 Å². The molecule has 0 aromatic carbocycles. The average molecular weight is 239 g/mol. The van der Waals surface area contributed by atoms with E-state index in [2.05, 4.69) is 0 Å². The molecule has 0 aromatic heterocycles. The van der Waals surface area contributed by atoms with Gasteiger partial charge in [-0.15, -0.1) is 0 Å². The van der Waals surface area contributed by atoms with Crippen molar-refractivity contribution in [1.82, 2.24) is 4.90 Å². The standard InChI is InChI=1S/C10H16F3NO2/c1-14(8(15)6-10(11,12)13)7-9(16)4-2-3-5-9/h16H,2-7H2,1H3. The molecule has 1 amide bonds. The summed E-state index contributed by atoms with van der Waals surface area (Å²) in [7, 11) is 1.30. The second-order valence-electron chi connectivity index (χ2n) is 4.47. The maximum atomic E-state index is 12.0. The van der Waals surface area contributed by atoms with Crippen LogP contribution in [0.2, 0.25) is 0 Å². The normalized spacial score (nSPS) is 19.8. The second kappa shape index (κ2) is 4.61. The molecule has 0 bridgehead atoms. The summed E-state index contributed by atoms with van der Waals surface area (Å²) < 4.78 is 35.9. The highest BCUT2D eigenvalue weighted by atomic mass is 19.4. The number of hydrogen-bond donors (Lipinski definition) is 1. The highest BCUT2D eigenvalue weighted by molar-refractivity contribution is 5.76. The number of hydrogen-bond acceptors (Lipinski definition) is 2. The molecule has 1 aliphatic rings. The topological polar surface area (TPSA) is 40.5 Å². The van der Waals surface area contributed by atoms with E-state index in [0.717, 1.165) is 17.7 Å². The van der Waals surface area contributed by atoms with E-state index in [1.165, 1.54) is 7.05 Å². The van der Waals surface area contributed by atoms with Crippen LogP contribution < -0.4 is 0 Å². The third-order valence-corrected chi connectivity index (χ3v) is 2.84. The van der Waals surface area contributed by atoms with E-state index in [9.17, 15) is 23.1 Å². The van der Waals surface area contributed by atoms with Crippen LogP contribution in [0, 0.1) is 0 Å². The Morgan fingerprint density at radius 2 is 1.88 bits per heavy atom. The van der Waals surface area contributed by atoms with Crippen LogP contribution in [0.1, 0.15) is 32.1 Å². The molecule has 0 radical (unpaired) electrons. The molecule has 0 aliphatic heterocycles. The van der Waals surface area contributed by atoms with Crippen LogP contribution in [0.25, 0.3) is 0 Å². The van der Waals surface area contributed by atoms with Gasteiger partial charge in [-0.3, -0.25) is 4.79 Å². The molecule has 0 heterocycles. The Hall–Kier alpha value is -0.780. The van der Waals surface area contributed by atoms with Crippen LogP contribution in [0.3, 0.4) is 0 Å². The molecular weight excluding hydrogens is 223 g/mol. The molecule has 0 saturated heterocycles. The predicted molar refractivity (Wildman–Crippen MR) is 51.7 cm³/mol. The summed E-state index contributed by atoms with van der Waals surface area (Å²) in [6.45, 7) is -0.0120. The molecule has 94 valence electrons. The van der Waals surface area contributed by atoms with Gasteiger partial charge in [-0.2, -0.15) is 13.2 Å². The fraction of sp³-hybridized carbons (Fsp3) is 0.900. The quantitative estimate of drug-likeness (QED) is 0.814. The van der Waals surface area contributed by atoms with Crippen molar-refractivity contribution in [3.63, 3.8) is 0 Å². The van der Waals surface area contributed by atoms with Gasteiger partial charge in [0.1, 0.15) is 6.42 Å². The minimum atomic E-state index is -4.48. The Labute approximate surface area is 92.2 Å². The minimum absolute atomic E-state index is 0.0120. The van der Waals surface area contributed by atoms with Crippen molar-refractivity contribution >= 4 is 5.91 Å². The van der Waals surface area contributed by atoms with Crippen molar-refractivity contribution in [2.45, 2.75) is 43.9 Å². The van der Waals surface area contributed by atoms with E-state index in [0.29, 0.717) is 12.8 Å². The number of nitrogens with zero attached hydrogens (tertiary/aromatic N) is 1. The Kier molecular flexibility index (Phi) is 3.83. The molecule has 6 heteroatoms. The maximum Gasteiger partial charge on any atom is 0.397 e. The van der Waals surface area contributed by atoms with Crippen molar-refractivity contribution in [1.29, 1.82) is 0 Å². The van der Waals surface area contributed by atoms with Crippen LogP contribution in [-0.2, 0) is 4.79 Å². The third kappa shape index (κ3) is 4.00. The molecule has 0 unspecified atom stereocenters. The first-order valence-electron chi connectivity index (χ1n) is 5.25. The lowest BCUT2D eigenvalue weighted by Crippen LogP contribution is -2.43. The molecule has 1 N–H and O–H groups in total. The number of carbonyl (C=O) groups is 1. The zero-order valence-electron chi connectivity index (χ0n) is 9.18. The molecule has 3 nitrogen and oxygen atoms in total. The van der Waals surface area contributed by atoms with E-state index in [4.69, 9.17) is 0 Å². The zero-order valence-corrected chi connectivity index (χ0v) is 9.18. The summed E-state index contributed by atoms with van der Waals surface area (Å²) in [6, 6.07) is 0. The fourth-order valence-electron chi connectivity index (χ4n) is 2.03. The Balaban J connectivity index is 2.45. The summed E-state index contributed by atoms with van der Waals surface area (Å²) in [6.07, 6.45) is -3.12. The average Bonchev–Trinajstić information content (AvgIpc) is 2.48. The molecule has 0 spiro atoms. The smallest absolute Gasteiger partial charge is 0.388 e. The van der Waals surface area contributed by atoms with Gasteiger partial charge in [-0.25, -0.2) is 0 Å². The molecule has 0 atom stereocenters. The molecule has 1 saturated carbocycles. The van der Waals surface area contributed by atoms with Crippen LogP contribution in [0.4, 0.5) is 13.2 Å². The molecule has 1 aliphatic carbocycles. The first kappa shape index (κ1) is 13.3. The SMILES string of the molecule is CN(CC1(O)CCCC1)C(=O)CC(F)(F)F. The summed E-state index contributed by atoms with van der Waals surface area (Å²) in [5.41, 5.74) is -0.990. The lowest BCUT2D eigenvalue weighted by Gasteiger charge is -2.28. The highest BCUT2D eigenvalue weighted by Crippen LogP contribution is 2.30. The van der Waals surface area contributed by atoms with Crippen LogP contribution >= 0.6 is 0 Å². The lowest BCUT2D eigenvalue weighted by molar-refractivity contribution is -0.162. The Morgan fingerprint density at radius 3 is 2.31 bits per heavy atom. The van der Waals surface area contributed by atoms with Crippen molar-refractivity contribution < 1.29 is 23.1 Å². The zero-order chi connectivity index (χ0) is 12.4. The maximum absolute atomic E-state index is 12.0. The molecule has 16 heavy (non-hydrogen) atoms. The monoisotopic (exact) mass is 239 g/mol. The van der Waals surface area contributed by atoms with Gasteiger partial charge in [0.15, 0.2) is 0 Å². The van der Waals surface area contributed by atoms with Crippen molar-refractivity contribution in [2.24, 2.45) is 0 Å². The van der Waals surface area contributed by atoms with E-state index in [1.54, 1.807) is 0 Å². The van der Waals surface area contributed by atoms with Gasteiger partial charge in [-0.05, 0) is 12.8 Å². The van der Waals surface area contributed by atoms with E-state index in [-0.39, 0.29) is 6.54 Å². The number of carbonyl (C=O) groups excluding carboxylic acids is 1. The molecular formula is C10H16F3NO2. The van der Waals surface area contributed by atoms with E-state index < -0.39 is 24.1 Å². The largest absolute Gasteiger partial charge is 0.397 e. The number of rotatable bonds is 3. The van der Waals surface area contributed by atoms with Crippen molar-refractivity contribution in [3.8, 4) is 0 Å². The van der Waals surface area contributed by atoms with Crippen molar-refractivity contribution in [2.75, 3.05) is 13.6 Å². The highest BCUT2D eigenvalue weighted by Gasteiger charge is 2.37. The summed E-state index contributed by atoms with van der Waals surface area (Å²) in [4.78, 5) is 12.2. The van der Waals surface area contributed by atoms with Gasteiger partial charge in [0.05, 0.1) is 5.60 Å². The lowest BCUT2D eigenvalue weighted by atomic mass is 10.0. The minimum Gasteiger partial charge on any atom is -0.388 e.